The second-order valence-electron chi connectivity index (χ2n) is 3.20. The summed E-state index contributed by atoms with van der Waals surface area (Å²) in [6.45, 7) is 1.62. The number of nitrogens with zero attached hydrogens (tertiary/aromatic N) is 1. The molecular formula is C11H8BrF2NO. The first-order valence-electron chi connectivity index (χ1n) is 4.48. The highest BCUT2D eigenvalue weighted by Crippen LogP contribution is 2.23. The molecule has 0 bridgehead atoms. The summed E-state index contributed by atoms with van der Waals surface area (Å²) in [5.74, 6) is -0.294. The highest BCUT2D eigenvalue weighted by molar-refractivity contribution is 9.10. The van der Waals surface area contributed by atoms with Gasteiger partial charge in [-0.3, -0.25) is 4.79 Å². The number of rotatable bonds is 3. The van der Waals surface area contributed by atoms with Crippen molar-refractivity contribution in [3.63, 3.8) is 0 Å². The Kier molecular flexibility index (Phi) is 4.13. The maximum atomic E-state index is 12.4. The minimum atomic E-state index is -2.64. The molecule has 1 rings (SSSR count). The maximum Gasteiger partial charge on any atom is 0.263 e. The molecule has 0 amide bonds. The van der Waals surface area contributed by atoms with Crippen molar-refractivity contribution in [3.05, 3.63) is 34.9 Å². The maximum absolute atomic E-state index is 12.4. The number of alkyl halides is 3. The summed E-state index contributed by atoms with van der Waals surface area (Å²) in [5.41, 5.74) is -0.110. The van der Waals surface area contributed by atoms with Gasteiger partial charge in [0.1, 0.15) is 0 Å². The quantitative estimate of drug-likeness (QED) is 0.631. The summed E-state index contributed by atoms with van der Waals surface area (Å²) >= 11 is 3.08. The molecule has 2 nitrogen and oxygen atoms in total. The van der Waals surface area contributed by atoms with Crippen LogP contribution in [0.1, 0.15) is 34.8 Å². The van der Waals surface area contributed by atoms with Crippen LogP contribution in [0.5, 0.6) is 0 Å². The van der Waals surface area contributed by atoms with Crippen LogP contribution in [0.25, 0.3) is 0 Å². The molecule has 0 radical (unpaired) electrons. The van der Waals surface area contributed by atoms with Crippen LogP contribution in [-0.4, -0.2) is 10.6 Å². The Balaban J connectivity index is 3.24. The fourth-order valence-corrected chi connectivity index (χ4v) is 1.47. The van der Waals surface area contributed by atoms with E-state index in [-0.39, 0.29) is 22.5 Å². The van der Waals surface area contributed by atoms with E-state index in [9.17, 15) is 13.6 Å². The number of benzene rings is 1. The van der Waals surface area contributed by atoms with Crippen molar-refractivity contribution in [2.45, 2.75) is 18.2 Å². The molecule has 0 saturated heterocycles. The van der Waals surface area contributed by atoms with Crippen molar-refractivity contribution < 1.29 is 13.6 Å². The Morgan fingerprint density at radius 3 is 2.56 bits per heavy atom. The number of hydrogen-bond acceptors (Lipinski definition) is 2. The molecule has 84 valence electrons. The third kappa shape index (κ3) is 2.64. The van der Waals surface area contributed by atoms with Crippen LogP contribution in [0, 0.1) is 11.3 Å². The van der Waals surface area contributed by atoms with E-state index in [1.807, 2.05) is 0 Å². The van der Waals surface area contributed by atoms with Gasteiger partial charge in [-0.1, -0.05) is 22.0 Å². The zero-order valence-electron chi connectivity index (χ0n) is 8.38. The number of hydrogen-bond donors (Lipinski definition) is 0. The highest BCUT2D eigenvalue weighted by atomic mass is 79.9. The van der Waals surface area contributed by atoms with Gasteiger partial charge in [-0.25, -0.2) is 8.78 Å². The van der Waals surface area contributed by atoms with Crippen LogP contribution in [-0.2, 0) is 0 Å². The Morgan fingerprint density at radius 1 is 1.50 bits per heavy atom. The van der Waals surface area contributed by atoms with Gasteiger partial charge in [0.25, 0.3) is 6.43 Å². The molecular weight excluding hydrogens is 280 g/mol. The first-order valence-corrected chi connectivity index (χ1v) is 5.39. The van der Waals surface area contributed by atoms with Gasteiger partial charge in [0.15, 0.2) is 5.78 Å². The zero-order valence-corrected chi connectivity index (χ0v) is 9.96. The minimum Gasteiger partial charge on any atom is -0.293 e. The number of nitriles is 1. The summed E-state index contributed by atoms with van der Waals surface area (Å²) < 4.78 is 24.7. The Hall–Kier alpha value is -1.28. The van der Waals surface area contributed by atoms with Crippen molar-refractivity contribution >= 4 is 21.7 Å². The van der Waals surface area contributed by atoms with Gasteiger partial charge < -0.3 is 0 Å². The number of Topliss-reactive ketones (excluding diaryl/α,β-unsaturated/α-hetero) is 1. The van der Waals surface area contributed by atoms with Crippen molar-refractivity contribution in [1.82, 2.24) is 0 Å². The molecule has 0 saturated carbocycles. The lowest BCUT2D eigenvalue weighted by molar-refractivity contribution is 0.0995. The molecule has 0 spiro atoms. The van der Waals surface area contributed by atoms with E-state index in [2.05, 4.69) is 15.9 Å². The predicted molar refractivity (Wildman–Crippen MR) is 58.8 cm³/mol. The third-order valence-corrected chi connectivity index (χ3v) is 2.46. The van der Waals surface area contributed by atoms with E-state index in [0.717, 1.165) is 12.1 Å². The molecule has 0 fully saturated rings. The molecule has 0 aliphatic heterocycles. The summed E-state index contributed by atoms with van der Waals surface area (Å²) in [4.78, 5) is 11.2. The standard InChI is InChI=1S/C11H8BrF2NO/c1-6(12)10(16)9-3-2-7(11(13)14)4-8(9)5-15/h2-4,6,11H,1H3. The van der Waals surface area contributed by atoms with E-state index in [1.54, 1.807) is 13.0 Å². The number of ketones is 1. The topological polar surface area (TPSA) is 40.9 Å². The van der Waals surface area contributed by atoms with Crippen LogP contribution < -0.4 is 0 Å². The molecule has 1 aromatic rings. The number of halogens is 3. The Labute approximate surface area is 100 Å². The molecule has 0 heterocycles. The van der Waals surface area contributed by atoms with E-state index < -0.39 is 11.3 Å². The molecule has 0 aliphatic carbocycles. The van der Waals surface area contributed by atoms with Gasteiger partial charge in [-0.05, 0) is 19.1 Å². The average Bonchev–Trinajstić information content (AvgIpc) is 2.26. The average molecular weight is 288 g/mol. The smallest absolute Gasteiger partial charge is 0.263 e. The summed E-state index contributed by atoms with van der Waals surface area (Å²) in [6.07, 6.45) is -2.64. The van der Waals surface area contributed by atoms with E-state index in [0.29, 0.717) is 0 Å². The molecule has 0 N–H and O–H groups in total. The third-order valence-electron chi connectivity index (χ3n) is 2.04. The molecule has 0 aliphatic rings. The predicted octanol–water partition coefficient (Wildman–Crippen LogP) is 3.46. The van der Waals surface area contributed by atoms with Crippen molar-refractivity contribution in [2.75, 3.05) is 0 Å². The van der Waals surface area contributed by atoms with Gasteiger partial charge >= 0.3 is 0 Å². The van der Waals surface area contributed by atoms with Gasteiger partial charge in [0.2, 0.25) is 0 Å². The monoisotopic (exact) mass is 287 g/mol. The van der Waals surface area contributed by atoms with Gasteiger partial charge in [-0.15, -0.1) is 0 Å². The largest absolute Gasteiger partial charge is 0.293 e. The Morgan fingerprint density at radius 2 is 2.12 bits per heavy atom. The first kappa shape index (κ1) is 12.8. The van der Waals surface area contributed by atoms with Gasteiger partial charge in [0.05, 0.1) is 16.5 Å². The summed E-state index contributed by atoms with van der Waals surface area (Å²) in [6, 6.07) is 5.23. The SMILES string of the molecule is CC(Br)C(=O)c1ccc(C(F)F)cc1C#N. The zero-order chi connectivity index (χ0) is 12.3. The van der Waals surface area contributed by atoms with Gasteiger partial charge in [-0.2, -0.15) is 5.26 Å². The lowest BCUT2D eigenvalue weighted by atomic mass is 10.0. The molecule has 0 aromatic heterocycles. The van der Waals surface area contributed by atoms with Crippen LogP contribution in [0.4, 0.5) is 8.78 Å². The molecule has 5 heteroatoms. The number of carbonyl (C=O) groups is 1. The van der Waals surface area contributed by atoms with Crippen molar-refractivity contribution in [3.8, 4) is 6.07 Å². The van der Waals surface area contributed by atoms with Gasteiger partial charge in [0, 0.05) is 11.1 Å². The second-order valence-corrected chi connectivity index (χ2v) is 4.57. The second kappa shape index (κ2) is 5.17. The van der Waals surface area contributed by atoms with Crippen molar-refractivity contribution in [1.29, 1.82) is 5.26 Å². The summed E-state index contributed by atoms with van der Waals surface area (Å²) in [7, 11) is 0. The highest BCUT2D eigenvalue weighted by Gasteiger charge is 2.18. The molecule has 1 aromatic carbocycles. The molecule has 1 unspecified atom stereocenters. The van der Waals surface area contributed by atoms with Crippen LogP contribution in [0.15, 0.2) is 18.2 Å². The molecule has 16 heavy (non-hydrogen) atoms. The van der Waals surface area contributed by atoms with Crippen molar-refractivity contribution in [2.24, 2.45) is 0 Å². The Bertz CT molecular complexity index is 452. The minimum absolute atomic E-state index is 0.0194. The van der Waals surface area contributed by atoms with E-state index in [4.69, 9.17) is 5.26 Å². The lowest BCUT2D eigenvalue weighted by Crippen LogP contribution is -2.12. The van der Waals surface area contributed by atoms with Crippen LogP contribution in [0.2, 0.25) is 0 Å². The molecule has 1 atom stereocenters. The fourth-order valence-electron chi connectivity index (χ4n) is 1.22. The van der Waals surface area contributed by atoms with E-state index in [1.165, 1.54) is 6.07 Å². The lowest BCUT2D eigenvalue weighted by Gasteiger charge is -2.07. The normalized spacial score (nSPS) is 12.2. The summed E-state index contributed by atoms with van der Waals surface area (Å²) in [5, 5.41) is 8.79. The number of carbonyl (C=O) groups excluding carboxylic acids is 1. The fraction of sp³-hybridized carbons (Fsp3) is 0.273. The van der Waals surface area contributed by atoms with E-state index >= 15 is 0 Å². The van der Waals surface area contributed by atoms with Crippen LogP contribution >= 0.6 is 15.9 Å². The first-order chi connectivity index (χ1) is 7.47. The van der Waals surface area contributed by atoms with Crippen LogP contribution in [0.3, 0.4) is 0 Å².